The first-order chi connectivity index (χ1) is 18.6. The molecule has 0 unspecified atom stereocenters. The lowest BCUT2D eigenvalue weighted by atomic mass is 9.71. The lowest BCUT2D eigenvalue weighted by Gasteiger charge is -2.41. The Hall–Kier alpha value is -3.64. The number of carboxylic acids is 1. The molecule has 39 heavy (non-hydrogen) atoms. The second-order valence-corrected chi connectivity index (χ2v) is 10.1. The van der Waals surface area contributed by atoms with Gasteiger partial charge < -0.3 is 9.84 Å². The second-order valence-electron chi connectivity index (χ2n) is 10.1. The minimum atomic E-state index is -1.31. The van der Waals surface area contributed by atoms with Crippen LogP contribution in [0, 0.1) is 41.6 Å². The third-order valence-electron chi connectivity index (χ3n) is 7.52. The van der Waals surface area contributed by atoms with Crippen molar-refractivity contribution in [1.29, 1.82) is 0 Å². The molecule has 4 rings (SSSR count). The zero-order chi connectivity index (χ0) is 28.2. The van der Waals surface area contributed by atoms with Gasteiger partial charge in [-0.25, -0.2) is 17.6 Å². The number of alkyl halides is 1. The SMILES string of the molecule is COc1ccc2ncc(C)c([C@H](F)CCC3(CC(=O)O)CCN(CC#Cc4c(F)cc(F)cc4F)CC3)c2c1. The van der Waals surface area contributed by atoms with Gasteiger partial charge in [0.05, 0.1) is 31.2 Å². The Morgan fingerprint density at radius 1 is 1.18 bits per heavy atom. The molecule has 2 aromatic carbocycles. The summed E-state index contributed by atoms with van der Waals surface area (Å²) in [5.41, 5.74) is 0.854. The molecule has 1 fully saturated rings. The van der Waals surface area contributed by atoms with Gasteiger partial charge in [0, 0.05) is 23.7 Å². The number of pyridine rings is 1. The predicted molar refractivity (Wildman–Crippen MR) is 140 cm³/mol. The van der Waals surface area contributed by atoms with Crippen molar-refractivity contribution in [2.45, 2.75) is 45.2 Å². The highest BCUT2D eigenvalue weighted by Crippen LogP contribution is 2.43. The van der Waals surface area contributed by atoms with Crippen LogP contribution in [0.5, 0.6) is 5.75 Å². The number of piperidine rings is 1. The Bertz CT molecular complexity index is 1400. The normalized spacial score (nSPS) is 15.9. The van der Waals surface area contributed by atoms with Crippen LogP contribution in [0.1, 0.15) is 55.0 Å². The zero-order valence-corrected chi connectivity index (χ0v) is 21.9. The summed E-state index contributed by atoms with van der Waals surface area (Å²) in [4.78, 5) is 18.1. The highest BCUT2D eigenvalue weighted by atomic mass is 19.1. The van der Waals surface area contributed by atoms with Gasteiger partial charge in [0.1, 0.15) is 29.4 Å². The predicted octanol–water partition coefficient (Wildman–Crippen LogP) is 6.37. The number of methoxy groups -OCH3 is 1. The number of nitrogens with zero attached hydrogens (tertiary/aromatic N) is 2. The van der Waals surface area contributed by atoms with Crippen LogP contribution in [-0.4, -0.2) is 47.7 Å². The van der Waals surface area contributed by atoms with Crippen LogP contribution in [0.4, 0.5) is 17.6 Å². The summed E-state index contributed by atoms with van der Waals surface area (Å²) in [5.74, 6) is 1.69. The fraction of sp³-hybridized carbons (Fsp3) is 0.400. The van der Waals surface area contributed by atoms with E-state index in [4.69, 9.17) is 4.74 Å². The molecule has 1 aliphatic heterocycles. The van der Waals surface area contributed by atoms with Gasteiger partial charge in [0.25, 0.3) is 0 Å². The number of aryl methyl sites for hydroxylation is 1. The first kappa shape index (κ1) is 28.4. The number of halogens is 4. The van der Waals surface area contributed by atoms with Gasteiger partial charge >= 0.3 is 5.97 Å². The molecule has 1 saturated heterocycles. The van der Waals surface area contributed by atoms with Crippen LogP contribution in [0.2, 0.25) is 0 Å². The number of carboxylic acid groups (broad SMARTS) is 1. The van der Waals surface area contributed by atoms with Gasteiger partial charge in [-0.2, -0.15) is 0 Å². The molecule has 0 spiro atoms. The summed E-state index contributed by atoms with van der Waals surface area (Å²) in [5, 5.41) is 10.3. The van der Waals surface area contributed by atoms with E-state index in [-0.39, 0.29) is 19.4 Å². The molecule has 0 amide bonds. The molecule has 1 N–H and O–H groups in total. The number of hydrogen-bond donors (Lipinski definition) is 1. The molecular formula is C30H30F4N2O3. The number of benzene rings is 2. The van der Waals surface area contributed by atoms with E-state index < -0.39 is 40.6 Å². The van der Waals surface area contributed by atoms with Gasteiger partial charge in [-0.15, -0.1) is 0 Å². The van der Waals surface area contributed by atoms with Crippen molar-refractivity contribution in [3.8, 4) is 17.6 Å². The molecule has 0 bridgehead atoms. The minimum absolute atomic E-state index is 0.0743. The van der Waals surface area contributed by atoms with Gasteiger partial charge in [-0.1, -0.05) is 11.8 Å². The van der Waals surface area contributed by atoms with Gasteiger partial charge in [0.15, 0.2) is 0 Å². The van der Waals surface area contributed by atoms with E-state index in [0.717, 1.165) is 5.56 Å². The Labute approximate surface area is 224 Å². The van der Waals surface area contributed by atoms with E-state index in [1.807, 2.05) is 11.8 Å². The summed E-state index contributed by atoms with van der Waals surface area (Å²) in [7, 11) is 1.55. The Kier molecular flexibility index (Phi) is 8.76. The van der Waals surface area contributed by atoms with Crippen molar-refractivity contribution in [1.82, 2.24) is 9.88 Å². The number of likely N-dealkylation sites (tertiary alicyclic amines) is 1. The number of aromatic nitrogens is 1. The number of fused-ring (bicyclic) bond motifs is 1. The van der Waals surface area contributed by atoms with Gasteiger partial charge in [0.2, 0.25) is 0 Å². The Balaban J connectivity index is 1.44. The molecule has 1 aromatic heterocycles. The van der Waals surface area contributed by atoms with Crippen molar-refractivity contribution in [3.63, 3.8) is 0 Å². The first-order valence-electron chi connectivity index (χ1n) is 12.8. The van der Waals surface area contributed by atoms with Crippen molar-refractivity contribution < 1.29 is 32.2 Å². The standard InChI is InChI=1S/C30H30F4N2O3/c1-19-18-35-27-6-5-21(39-2)16-23(27)29(19)24(32)7-8-30(17-28(37)38)9-12-36(13-10-30)11-3-4-22-25(33)14-20(31)15-26(22)34/h5-6,14-16,18,24H,7-13,17H2,1-2H3,(H,37,38)/t24-/m1/s1. The lowest BCUT2D eigenvalue weighted by Crippen LogP contribution is -2.41. The van der Waals surface area contributed by atoms with Crippen LogP contribution in [0.3, 0.4) is 0 Å². The molecule has 1 atom stereocenters. The van der Waals surface area contributed by atoms with Crippen molar-refractivity contribution in [2.75, 3.05) is 26.7 Å². The van der Waals surface area contributed by atoms with Crippen molar-refractivity contribution in [2.24, 2.45) is 5.41 Å². The molecule has 1 aliphatic rings. The van der Waals surface area contributed by atoms with Crippen LogP contribution in [-0.2, 0) is 4.79 Å². The first-order valence-corrected chi connectivity index (χ1v) is 12.8. The molecule has 0 saturated carbocycles. The van der Waals surface area contributed by atoms with E-state index >= 15 is 4.39 Å². The summed E-state index contributed by atoms with van der Waals surface area (Å²) in [6.07, 6.45) is 1.86. The maximum atomic E-state index is 15.8. The molecule has 9 heteroatoms. The van der Waals surface area contributed by atoms with Crippen LogP contribution in [0.15, 0.2) is 36.5 Å². The van der Waals surface area contributed by atoms with Gasteiger partial charge in [-0.05, 0) is 80.4 Å². The average Bonchev–Trinajstić information content (AvgIpc) is 2.89. The second kappa shape index (κ2) is 12.0. The van der Waals surface area contributed by atoms with Crippen molar-refractivity contribution in [3.05, 3.63) is 70.7 Å². The molecule has 3 aromatic rings. The largest absolute Gasteiger partial charge is 0.497 e. The quantitative estimate of drug-likeness (QED) is 0.265. The number of aliphatic carboxylic acids is 1. The molecule has 0 radical (unpaired) electrons. The van der Waals surface area contributed by atoms with E-state index in [1.165, 1.54) is 0 Å². The average molecular weight is 543 g/mol. The summed E-state index contributed by atoms with van der Waals surface area (Å²) >= 11 is 0. The smallest absolute Gasteiger partial charge is 0.303 e. The van der Waals surface area contributed by atoms with Gasteiger partial charge in [-0.3, -0.25) is 14.7 Å². The minimum Gasteiger partial charge on any atom is -0.497 e. The van der Waals surface area contributed by atoms with E-state index in [1.54, 1.807) is 31.5 Å². The fourth-order valence-corrected chi connectivity index (χ4v) is 5.33. The van der Waals surface area contributed by atoms with E-state index in [2.05, 4.69) is 16.8 Å². The number of hydrogen-bond acceptors (Lipinski definition) is 4. The van der Waals surface area contributed by atoms with Crippen molar-refractivity contribution >= 4 is 16.9 Å². The topological polar surface area (TPSA) is 62.7 Å². The number of carbonyl (C=O) groups is 1. The highest BCUT2D eigenvalue weighted by molar-refractivity contribution is 5.85. The van der Waals surface area contributed by atoms with Crippen LogP contribution < -0.4 is 4.74 Å². The number of rotatable bonds is 8. The van der Waals surface area contributed by atoms with E-state index in [9.17, 15) is 23.1 Å². The Morgan fingerprint density at radius 2 is 1.87 bits per heavy atom. The summed E-state index contributed by atoms with van der Waals surface area (Å²) in [6, 6.07) is 6.49. The molecule has 206 valence electrons. The molecule has 5 nitrogen and oxygen atoms in total. The number of ether oxygens (including phenoxy) is 1. The molecular weight excluding hydrogens is 512 g/mol. The van der Waals surface area contributed by atoms with Crippen LogP contribution >= 0.6 is 0 Å². The Morgan fingerprint density at radius 3 is 2.51 bits per heavy atom. The third kappa shape index (κ3) is 6.69. The lowest BCUT2D eigenvalue weighted by molar-refractivity contribution is -0.141. The maximum absolute atomic E-state index is 15.8. The summed E-state index contributed by atoms with van der Waals surface area (Å²) < 4.78 is 61.9. The zero-order valence-electron chi connectivity index (χ0n) is 21.9. The third-order valence-corrected chi connectivity index (χ3v) is 7.52. The summed E-state index contributed by atoms with van der Waals surface area (Å²) in [6.45, 7) is 3.06. The molecule has 2 heterocycles. The maximum Gasteiger partial charge on any atom is 0.303 e. The molecule has 0 aliphatic carbocycles. The fourth-order valence-electron chi connectivity index (χ4n) is 5.33. The monoisotopic (exact) mass is 542 g/mol. The highest BCUT2D eigenvalue weighted by Gasteiger charge is 2.37. The van der Waals surface area contributed by atoms with Crippen LogP contribution in [0.25, 0.3) is 10.9 Å². The van der Waals surface area contributed by atoms with E-state index in [0.29, 0.717) is 66.7 Å².